The van der Waals surface area contributed by atoms with Gasteiger partial charge in [0.15, 0.2) is 0 Å². The van der Waals surface area contributed by atoms with E-state index in [9.17, 15) is 9.59 Å². The molecule has 5 heteroatoms. The summed E-state index contributed by atoms with van der Waals surface area (Å²) in [5, 5.41) is 2.56. The van der Waals surface area contributed by atoms with Gasteiger partial charge in [0.05, 0.1) is 7.11 Å². The van der Waals surface area contributed by atoms with E-state index in [1.807, 2.05) is 41.5 Å². The van der Waals surface area contributed by atoms with E-state index < -0.39 is 12.1 Å². The Kier molecular flexibility index (Phi) is 11.5. The summed E-state index contributed by atoms with van der Waals surface area (Å²) in [7, 11) is 1.29. The van der Waals surface area contributed by atoms with E-state index in [1.54, 1.807) is 4.90 Å². The van der Waals surface area contributed by atoms with Crippen LogP contribution in [0.15, 0.2) is 0 Å². The first-order valence-electron chi connectivity index (χ1n) is 6.61. The third kappa shape index (κ3) is 6.47. The van der Waals surface area contributed by atoms with Crippen LogP contribution < -0.4 is 5.32 Å². The molecule has 18 heavy (non-hydrogen) atoms. The number of hydrogen-bond donors (Lipinski definition) is 1. The molecule has 0 saturated carbocycles. The topological polar surface area (TPSA) is 58.6 Å². The molecule has 108 valence electrons. The second-order valence-corrected chi connectivity index (χ2v) is 3.87. The summed E-state index contributed by atoms with van der Waals surface area (Å²) in [6.07, 6.45) is -0.570. The molecule has 0 aromatic heterocycles. The molecular formula is C13H28N2O3. The quantitative estimate of drug-likeness (QED) is 0.825. The molecule has 5 nitrogen and oxygen atoms in total. The number of likely N-dealkylation sites (N-methyl/N-ethyl adjacent to an activating group) is 1. The molecule has 0 aliphatic heterocycles. The zero-order valence-corrected chi connectivity index (χ0v) is 12.7. The van der Waals surface area contributed by atoms with Crippen molar-refractivity contribution in [1.82, 2.24) is 10.2 Å². The maximum Gasteiger partial charge on any atom is 0.407 e. The van der Waals surface area contributed by atoms with Gasteiger partial charge in [-0.25, -0.2) is 4.79 Å². The van der Waals surface area contributed by atoms with Crippen LogP contribution in [0.25, 0.3) is 0 Å². The van der Waals surface area contributed by atoms with E-state index in [0.717, 1.165) is 0 Å². The third-order valence-electron chi connectivity index (χ3n) is 2.47. The van der Waals surface area contributed by atoms with Gasteiger partial charge < -0.3 is 15.0 Å². The van der Waals surface area contributed by atoms with Crippen LogP contribution >= 0.6 is 0 Å². The number of alkyl carbamates (subject to hydrolysis) is 1. The Hall–Kier alpha value is -1.26. The molecular weight excluding hydrogens is 232 g/mol. The van der Waals surface area contributed by atoms with Gasteiger partial charge in [-0.15, -0.1) is 0 Å². The molecule has 1 N–H and O–H groups in total. The van der Waals surface area contributed by atoms with Crippen molar-refractivity contribution in [2.75, 3.05) is 20.2 Å². The highest BCUT2D eigenvalue weighted by Crippen LogP contribution is 2.06. The molecule has 0 rings (SSSR count). The predicted molar refractivity (Wildman–Crippen MR) is 73.4 cm³/mol. The Bertz CT molecular complexity index is 238. The third-order valence-corrected chi connectivity index (χ3v) is 2.47. The van der Waals surface area contributed by atoms with E-state index in [2.05, 4.69) is 10.1 Å². The van der Waals surface area contributed by atoms with Crippen molar-refractivity contribution in [3.05, 3.63) is 0 Å². The molecule has 0 fully saturated rings. The first kappa shape index (κ1) is 19.1. The van der Waals surface area contributed by atoms with Gasteiger partial charge in [-0.2, -0.15) is 0 Å². The highest BCUT2D eigenvalue weighted by molar-refractivity contribution is 5.85. The van der Waals surface area contributed by atoms with E-state index in [1.165, 1.54) is 7.11 Å². The normalized spacial score (nSPS) is 11.1. The Morgan fingerprint density at radius 1 is 1.17 bits per heavy atom. The fourth-order valence-electron chi connectivity index (χ4n) is 1.43. The fourth-order valence-corrected chi connectivity index (χ4v) is 1.43. The van der Waals surface area contributed by atoms with Crippen molar-refractivity contribution < 1.29 is 14.3 Å². The maximum atomic E-state index is 12.1. The zero-order chi connectivity index (χ0) is 14.7. The van der Waals surface area contributed by atoms with Crippen LogP contribution in [0, 0.1) is 5.92 Å². The summed E-state index contributed by atoms with van der Waals surface area (Å²) in [5.41, 5.74) is 0. The summed E-state index contributed by atoms with van der Waals surface area (Å²) < 4.78 is 4.51. The second kappa shape index (κ2) is 10.9. The SMILES string of the molecule is CC.CCN(CC)C(=O)C(NC(=O)OC)C(C)C. The lowest BCUT2D eigenvalue weighted by Crippen LogP contribution is -2.51. The number of carbonyl (C=O) groups excluding carboxylic acids is 2. The Morgan fingerprint density at radius 2 is 1.61 bits per heavy atom. The van der Waals surface area contributed by atoms with Crippen molar-refractivity contribution in [3.63, 3.8) is 0 Å². The van der Waals surface area contributed by atoms with E-state index in [0.29, 0.717) is 13.1 Å². The molecule has 1 atom stereocenters. The molecule has 0 aromatic carbocycles. The van der Waals surface area contributed by atoms with E-state index >= 15 is 0 Å². The summed E-state index contributed by atoms with van der Waals surface area (Å²) in [6, 6.07) is -0.521. The number of amides is 2. The number of rotatable bonds is 5. The first-order chi connectivity index (χ1) is 8.47. The van der Waals surface area contributed by atoms with Gasteiger partial charge in [0.2, 0.25) is 5.91 Å². The number of nitrogens with zero attached hydrogens (tertiary/aromatic N) is 1. The monoisotopic (exact) mass is 260 g/mol. The number of carbonyl (C=O) groups is 2. The minimum atomic E-state index is -0.570. The molecule has 0 bridgehead atoms. The van der Waals surface area contributed by atoms with Crippen LogP contribution in [-0.2, 0) is 9.53 Å². The molecule has 0 saturated heterocycles. The van der Waals surface area contributed by atoms with Crippen molar-refractivity contribution in [2.45, 2.75) is 47.6 Å². The highest BCUT2D eigenvalue weighted by atomic mass is 16.5. The van der Waals surface area contributed by atoms with E-state index in [-0.39, 0.29) is 11.8 Å². The summed E-state index contributed by atoms with van der Waals surface area (Å²) in [4.78, 5) is 24.9. The predicted octanol–water partition coefficient (Wildman–Crippen LogP) is 2.26. The van der Waals surface area contributed by atoms with E-state index in [4.69, 9.17) is 0 Å². The average molecular weight is 260 g/mol. The van der Waals surface area contributed by atoms with Gasteiger partial charge >= 0.3 is 6.09 Å². The molecule has 0 spiro atoms. The van der Waals surface area contributed by atoms with Crippen LogP contribution in [0.5, 0.6) is 0 Å². The molecule has 0 heterocycles. The van der Waals surface area contributed by atoms with Crippen LogP contribution in [0.4, 0.5) is 4.79 Å². The standard InChI is InChI=1S/C11H22N2O3.C2H6/c1-6-13(7-2)10(14)9(8(3)4)12-11(15)16-5;1-2/h8-9H,6-7H2,1-5H3,(H,12,15);1-2H3. The van der Waals surface area contributed by atoms with Gasteiger partial charge in [-0.05, 0) is 19.8 Å². The van der Waals surface area contributed by atoms with Crippen molar-refractivity contribution >= 4 is 12.0 Å². The van der Waals surface area contributed by atoms with Gasteiger partial charge in [0.1, 0.15) is 6.04 Å². The molecule has 0 aromatic rings. The lowest BCUT2D eigenvalue weighted by molar-refractivity contribution is -0.134. The highest BCUT2D eigenvalue weighted by Gasteiger charge is 2.27. The minimum Gasteiger partial charge on any atom is -0.453 e. The fraction of sp³-hybridized carbons (Fsp3) is 0.846. The van der Waals surface area contributed by atoms with Crippen LogP contribution in [-0.4, -0.2) is 43.1 Å². The maximum absolute atomic E-state index is 12.1. The van der Waals surface area contributed by atoms with Gasteiger partial charge in [0, 0.05) is 13.1 Å². The largest absolute Gasteiger partial charge is 0.453 e. The number of nitrogens with one attached hydrogen (secondary N) is 1. The summed E-state index contributed by atoms with van der Waals surface area (Å²) in [5.74, 6) is -0.0300. The Morgan fingerprint density at radius 3 is 1.89 bits per heavy atom. The van der Waals surface area contributed by atoms with Gasteiger partial charge in [-0.1, -0.05) is 27.7 Å². The van der Waals surface area contributed by atoms with Gasteiger partial charge in [-0.3, -0.25) is 4.79 Å². The van der Waals surface area contributed by atoms with Crippen molar-refractivity contribution in [1.29, 1.82) is 0 Å². The zero-order valence-electron chi connectivity index (χ0n) is 12.7. The number of methoxy groups -OCH3 is 1. The molecule has 2 amide bonds. The van der Waals surface area contributed by atoms with Crippen molar-refractivity contribution in [2.24, 2.45) is 5.92 Å². The smallest absolute Gasteiger partial charge is 0.407 e. The average Bonchev–Trinajstić information content (AvgIpc) is 2.38. The molecule has 0 aliphatic carbocycles. The van der Waals surface area contributed by atoms with Crippen LogP contribution in [0.3, 0.4) is 0 Å². The number of hydrogen-bond acceptors (Lipinski definition) is 3. The molecule has 1 unspecified atom stereocenters. The van der Waals surface area contributed by atoms with Crippen LogP contribution in [0.2, 0.25) is 0 Å². The van der Waals surface area contributed by atoms with Gasteiger partial charge in [0.25, 0.3) is 0 Å². The number of ether oxygens (including phenoxy) is 1. The Balaban J connectivity index is 0. The minimum absolute atomic E-state index is 0.0344. The lowest BCUT2D eigenvalue weighted by atomic mass is 10.0. The molecule has 0 aliphatic rings. The van der Waals surface area contributed by atoms with Crippen LogP contribution in [0.1, 0.15) is 41.5 Å². The first-order valence-corrected chi connectivity index (χ1v) is 6.61. The summed E-state index contributed by atoms with van der Waals surface area (Å²) >= 11 is 0. The Labute approximate surface area is 111 Å². The summed E-state index contributed by atoms with van der Waals surface area (Å²) in [6.45, 7) is 12.9. The molecule has 0 radical (unpaired) electrons. The second-order valence-electron chi connectivity index (χ2n) is 3.87. The lowest BCUT2D eigenvalue weighted by Gasteiger charge is -2.27. The van der Waals surface area contributed by atoms with Crippen molar-refractivity contribution in [3.8, 4) is 0 Å².